The molecule has 1 heteroatoms. The van der Waals surface area contributed by atoms with Crippen LogP contribution in [0, 0.1) is 6.92 Å². The molecule has 100 valence electrons. The average molecular weight is 262 g/mol. The minimum absolute atomic E-state index is 0.0766. The zero-order valence-corrected chi connectivity index (χ0v) is 11.6. The fourth-order valence-electron chi connectivity index (χ4n) is 2.81. The van der Waals surface area contributed by atoms with Crippen molar-refractivity contribution in [2.75, 3.05) is 6.61 Å². The third-order valence-corrected chi connectivity index (χ3v) is 3.78. The molecule has 0 saturated heterocycles. The summed E-state index contributed by atoms with van der Waals surface area (Å²) in [6, 6.07) is 15.0. The van der Waals surface area contributed by atoms with E-state index in [1.165, 1.54) is 27.8 Å². The standard InChI is InChI=1S/C19H18O/c1-14-8-9-16-11-10-15-5-2-3-6-17(15)18(7-4-12-20)19(16)13-14/h2-11,13,18,20H,12H2,1H3. The lowest BCUT2D eigenvalue weighted by atomic mass is 9.86. The van der Waals surface area contributed by atoms with Crippen LogP contribution in [0.3, 0.4) is 0 Å². The van der Waals surface area contributed by atoms with E-state index in [4.69, 9.17) is 5.11 Å². The lowest BCUT2D eigenvalue weighted by molar-refractivity contribution is 0.342. The van der Waals surface area contributed by atoms with Gasteiger partial charge in [-0.3, -0.25) is 0 Å². The van der Waals surface area contributed by atoms with E-state index in [0.717, 1.165) is 0 Å². The van der Waals surface area contributed by atoms with E-state index < -0.39 is 0 Å². The van der Waals surface area contributed by atoms with Gasteiger partial charge < -0.3 is 5.11 Å². The first kappa shape index (κ1) is 12.9. The molecule has 20 heavy (non-hydrogen) atoms. The van der Waals surface area contributed by atoms with Gasteiger partial charge in [-0.2, -0.15) is 0 Å². The van der Waals surface area contributed by atoms with Gasteiger partial charge in [0, 0.05) is 5.92 Å². The SMILES string of the molecule is Cc1ccc2c(c1)C(C=CCO)c1ccccc1C=C2. The molecule has 0 spiro atoms. The number of fused-ring (bicyclic) bond motifs is 2. The highest BCUT2D eigenvalue weighted by Crippen LogP contribution is 2.35. The molecule has 0 radical (unpaired) electrons. The number of aryl methyl sites for hydroxylation is 1. The Balaban J connectivity index is 2.23. The van der Waals surface area contributed by atoms with Gasteiger partial charge in [-0.05, 0) is 29.2 Å². The van der Waals surface area contributed by atoms with Crippen LogP contribution in [0.15, 0.2) is 54.6 Å². The van der Waals surface area contributed by atoms with Crippen molar-refractivity contribution in [2.24, 2.45) is 0 Å². The van der Waals surface area contributed by atoms with Crippen LogP contribution in [0.25, 0.3) is 12.2 Å². The molecule has 1 unspecified atom stereocenters. The summed E-state index contributed by atoms with van der Waals surface area (Å²) in [6.07, 6.45) is 8.29. The highest BCUT2D eigenvalue weighted by Gasteiger charge is 2.18. The van der Waals surface area contributed by atoms with Gasteiger partial charge in [0.2, 0.25) is 0 Å². The van der Waals surface area contributed by atoms with E-state index >= 15 is 0 Å². The number of rotatable bonds is 2. The number of allylic oxidation sites excluding steroid dienone is 1. The van der Waals surface area contributed by atoms with E-state index in [-0.39, 0.29) is 12.5 Å². The summed E-state index contributed by atoms with van der Waals surface area (Å²) in [5.74, 6) is 0.197. The Morgan fingerprint density at radius 2 is 1.75 bits per heavy atom. The zero-order valence-electron chi connectivity index (χ0n) is 11.6. The largest absolute Gasteiger partial charge is 0.392 e. The van der Waals surface area contributed by atoms with E-state index in [0.29, 0.717) is 0 Å². The van der Waals surface area contributed by atoms with Gasteiger partial charge in [0.15, 0.2) is 0 Å². The van der Waals surface area contributed by atoms with Crippen molar-refractivity contribution < 1.29 is 5.11 Å². The van der Waals surface area contributed by atoms with Gasteiger partial charge >= 0.3 is 0 Å². The molecule has 1 aliphatic carbocycles. The maximum Gasteiger partial charge on any atom is 0.0612 e. The third-order valence-electron chi connectivity index (χ3n) is 3.78. The van der Waals surface area contributed by atoms with Crippen LogP contribution >= 0.6 is 0 Å². The van der Waals surface area contributed by atoms with E-state index in [9.17, 15) is 0 Å². The summed E-state index contributed by atoms with van der Waals surface area (Å²) >= 11 is 0. The van der Waals surface area contributed by atoms with Crippen molar-refractivity contribution >= 4 is 12.2 Å². The molecule has 1 N–H and O–H groups in total. The molecule has 0 aromatic heterocycles. The highest BCUT2D eigenvalue weighted by molar-refractivity contribution is 5.77. The predicted octanol–water partition coefficient (Wildman–Crippen LogP) is 4.16. The van der Waals surface area contributed by atoms with Gasteiger partial charge in [-0.15, -0.1) is 0 Å². The lowest BCUT2D eigenvalue weighted by Gasteiger charge is -2.17. The number of aliphatic hydroxyl groups excluding tert-OH is 1. The van der Waals surface area contributed by atoms with E-state index in [1.807, 2.05) is 6.08 Å². The number of benzene rings is 2. The zero-order chi connectivity index (χ0) is 13.9. The summed E-state index contributed by atoms with van der Waals surface area (Å²) in [6.45, 7) is 2.20. The first-order chi connectivity index (χ1) is 9.79. The maximum atomic E-state index is 9.12. The van der Waals surface area contributed by atoms with Crippen LogP contribution in [0.2, 0.25) is 0 Å². The van der Waals surface area contributed by atoms with Crippen molar-refractivity contribution in [1.82, 2.24) is 0 Å². The number of hydrogen-bond donors (Lipinski definition) is 1. The smallest absolute Gasteiger partial charge is 0.0612 e. The van der Waals surface area contributed by atoms with Crippen molar-refractivity contribution in [3.05, 3.63) is 82.4 Å². The molecule has 0 fully saturated rings. The second-order valence-electron chi connectivity index (χ2n) is 5.18. The summed E-state index contributed by atoms with van der Waals surface area (Å²) in [4.78, 5) is 0. The summed E-state index contributed by atoms with van der Waals surface area (Å²) in [5.41, 5.74) is 6.35. The normalized spacial score (nSPS) is 16.8. The fraction of sp³-hybridized carbons (Fsp3) is 0.158. The Morgan fingerprint density at radius 1 is 1.00 bits per heavy atom. The second kappa shape index (κ2) is 5.48. The lowest BCUT2D eigenvalue weighted by Crippen LogP contribution is -2.01. The Labute approximate surface area is 119 Å². The molecular formula is C19H18O. The van der Waals surface area contributed by atoms with Crippen LogP contribution in [-0.4, -0.2) is 11.7 Å². The minimum atomic E-state index is 0.0766. The third kappa shape index (κ3) is 2.33. The average Bonchev–Trinajstić information content (AvgIpc) is 2.62. The molecule has 0 heterocycles. The molecule has 3 rings (SSSR count). The minimum Gasteiger partial charge on any atom is -0.392 e. The van der Waals surface area contributed by atoms with Crippen LogP contribution in [0.5, 0.6) is 0 Å². The maximum absolute atomic E-state index is 9.12. The van der Waals surface area contributed by atoms with Gasteiger partial charge in [-0.25, -0.2) is 0 Å². The summed E-state index contributed by atoms with van der Waals surface area (Å²) in [7, 11) is 0. The van der Waals surface area contributed by atoms with Crippen molar-refractivity contribution in [3.63, 3.8) is 0 Å². The Bertz CT molecular complexity index is 680. The molecule has 2 aromatic rings. The molecule has 0 saturated carbocycles. The van der Waals surface area contributed by atoms with Crippen molar-refractivity contribution in [2.45, 2.75) is 12.8 Å². The van der Waals surface area contributed by atoms with Gasteiger partial charge in [0.1, 0.15) is 0 Å². The molecule has 0 bridgehead atoms. The van der Waals surface area contributed by atoms with Gasteiger partial charge in [-0.1, -0.05) is 72.3 Å². The quantitative estimate of drug-likeness (QED) is 0.806. The second-order valence-corrected chi connectivity index (χ2v) is 5.18. The molecule has 1 aliphatic rings. The molecule has 2 aromatic carbocycles. The van der Waals surface area contributed by atoms with E-state index in [1.54, 1.807) is 0 Å². The predicted molar refractivity (Wildman–Crippen MR) is 84.6 cm³/mol. The van der Waals surface area contributed by atoms with Crippen LogP contribution < -0.4 is 0 Å². The van der Waals surface area contributed by atoms with Crippen molar-refractivity contribution in [1.29, 1.82) is 0 Å². The first-order valence-corrected chi connectivity index (χ1v) is 6.94. The monoisotopic (exact) mass is 262 g/mol. The molecule has 1 nitrogen and oxygen atoms in total. The van der Waals surface area contributed by atoms with Crippen LogP contribution in [0.1, 0.15) is 33.7 Å². The van der Waals surface area contributed by atoms with Gasteiger partial charge in [0.05, 0.1) is 6.61 Å². The van der Waals surface area contributed by atoms with Crippen LogP contribution in [-0.2, 0) is 0 Å². The summed E-state index contributed by atoms with van der Waals surface area (Å²) < 4.78 is 0. The highest BCUT2D eigenvalue weighted by atomic mass is 16.2. The van der Waals surface area contributed by atoms with Gasteiger partial charge in [0.25, 0.3) is 0 Å². The molecular weight excluding hydrogens is 244 g/mol. The first-order valence-electron chi connectivity index (χ1n) is 6.94. The van der Waals surface area contributed by atoms with E-state index in [2.05, 4.69) is 67.6 Å². The fourth-order valence-corrected chi connectivity index (χ4v) is 2.81. The Morgan fingerprint density at radius 3 is 2.55 bits per heavy atom. The Hall–Kier alpha value is -2.12. The number of aliphatic hydroxyl groups is 1. The van der Waals surface area contributed by atoms with Crippen molar-refractivity contribution in [3.8, 4) is 0 Å². The number of hydrogen-bond acceptors (Lipinski definition) is 1. The topological polar surface area (TPSA) is 20.2 Å². The molecule has 1 atom stereocenters. The molecule has 0 amide bonds. The Kier molecular flexibility index (Phi) is 3.53. The molecule has 0 aliphatic heterocycles. The van der Waals surface area contributed by atoms with Crippen LogP contribution in [0.4, 0.5) is 0 Å². The summed E-state index contributed by atoms with van der Waals surface area (Å²) in [5, 5.41) is 9.12.